The second-order valence-corrected chi connectivity index (χ2v) is 6.41. The fraction of sp³-hybridized carbons (Fsp3) is 0.286. The van der Waals surface area contributed by atoms with Gasteiger partial charge in [0.1, 0.15) is 0 Å². The number of nitrogens with zero attached hydrogens (tertiary/aromatic N) is 1. The third-order valence-electron chi connectivity index (χ3n) is 4.39. The van der Waals surface area contributed by atoms with E-state index >= 15 is 0 Å². The average Bonchev–Trinajstić information content (AvgIpc) is 2.62. The van der Waals surface area contributed by atoms with Crippen LogP contribution in [0.2, 0.25) is 0 Å². The van der Waals surface area contributed by atoms with Crippen LogP contribution in [0.1, 0.15) is 25.5 Å². The van der Waals surface area contributed by atoms with E-state index in [-0.39, 0.29) is 6.04 Å². The van der Waals surface area contributed by atoms with Gasteiger partial charge in [0.05, 0.1) is 17.4 Å². The van der Waals surface area contributed by atoms with E-state index in [2.05, 4.69) is 52.7 Å². The van der Waals surface area contributed by atoms with Crippen LogP contribution in [0.4, 0.5) is 0 Å². The highest BCUT2D eigenvalue weighted by Crippen LogP contribution is 2.21. The number of rotatable bonds is 8. The van der Waals surface area contributed by atoms with E-state index in [0.717, 1.165) is 29.9 Å². The molecule has 0 aromatic carbocycles. The molecule has 0 radical (unpaired) electrons. The molecule has 0 amide bonds. The predicted molar refractivity (Wildman–Crippen MR) is 104 cm³/mol. The molecular weight excluding hydrogens is 308 g/mol. The van der Waals surface area contributed by atoms with Gasteiger partial charge in [-0.05, 0) is 56.3 Å². The van der Waals surface area contributed by atoms with Crippen molar-refractivity contribution in [3.8, 4) is 0 Å². The lowest BCUT2D eigenvalue weighted by Crippen LogP contribution is -2.39. The summed E-state index contributed by atoms with van der Waals surface area (Å²) in [5.41, 5.74) is 3.31. The Bertz CT molecular complexity index is 700. The summed E-state index contributed by atoms with van der Waals surface area (Å²) in [5, 5.41) is 10.5. The maximum atomic E-state index is 4.36. The first-order valence-electron chi connectivity index (χ1n) is 8.84. The summed E-state index contributed by atoms with van der Waals surface area (Å²) in [7, 11) is 0. The first-order chi connectivity index (χ1) is 12.3. The van der Waals surface area contributed by atoms with Gasteiger partial charge in [0.2, 0.25) is 0 Å². The molecular formula is C21H26N4. The summed E-state index contributed by atoms with van der Waals surface area (Å²) in [6.07, 6.45) is 18.3. The molecule has 0 bridgehead atoms. The third-order valence-corrected chi connectivity index (χ3v) is 4.39. The summed E-state index contributed by atoms with van der Waals surface area (Å²) < 4.78 is 0. The van der Waals surface area contributed by atoms with E-state index in [1.807, 2.05) is 48.8 Å². The van der Waals surface area contributed by atoms with Gasteiger partial charge in [-0.3, -0.25) is 4.98 Å². The van der Waals surface area contributed by atoms with Crippen molar-refractivity contribution < 1.29 is 0 Å². The molecule has 4 nitrogen and oxygen atoms in total. The maximum absolute atomic E-state index is 4.36. The summed E-state index contributed by atoms with van der Waals surface area (Å²) in [6.45, 7) is 6.05. The fourth-order valence-electron chi connectivity index (χ4n) is 3.03. The van der Waals surface area contributed by atoms with Gasteiger partial charge in [-0.2, -0.15) is 0 Å². The molecule has 130 valence electrons. The van der Waals surface area contributed by atoms with Gasteiger partial charge in [-0.25, -0.2) is 0 Å². The van der Waals surface area contributed by atoms with Crippen molar-refractivity contribution in [2.45, 2.75) is 37.9 Å². The Balaban J connectivity index is 1.46. The third kappa shape index (κ3) is 4.63. The maximum Gasteiger partial charge on any atom is 0.0858 e. The minimum Gasteiger partial charge on any atom is -0.384 e. The summed E-state index contributed by atoms with van der Waals surface area (Å²) in [5.74, 6) is 0. The zero-order valence-electron chi connectivity index (χ0n) is 14.7. The molecule has 1 aromatic heterocycles. The summed E-state index contributed by atoms with van der Waals surface area (Å²) in [4.78, 5) is 4.36. The Labute approximate surface area is 150 Å². The quantitative estimate of drug-likeness (QED) is 0.639. The van der Waals surface area contributed by atoms with Crippen LogP contribution in [0.25, 0.3) is 5.70 Å². The van der Waals surface area contributed by atoms with Crippen LogP contribution in [0.5, 0.6) is 0 Å². The van der Waals surface area contributed by atoms with Gasteiger partial charge in [-0.1, -0.05) is 30.9 Å². The van der Waals surface area contributed by atoms with E-state index in [1.54, 1.807) is 0 Å². The highest BCUT2D eigenvalue weighted by molar-refractivity contribution is 5.67. The molecule has 3 heterocycles. The number of nitrogens with one attached hydrogen (secondary N) is 3. The standard InChI is InChI=1S/C21H26N4/c1-3-8-20(18-9-4-6-13-22-18)24-16(2)11-12-17-15-21(25-17)19-10-5-7-14-23-19/h3-10,13-18,22,24-25H,1,11-12H2,2H3/b20-8-. The minimum absolute atomic E-state index is 0.183. The molecule has 3 atom stereocenters. The number of hydrogen-bond acceptors (Lipinski definition) is 4. The Hall–Kier alpha value is -2.75. The Morgan fingerprint density at radius 3 is 2.96 bits per heavy atom. The minimum atomic E-state index is 0.183. The van der Waals surface area contributed by atoms with Crippen LogP contribution in [0.3, 0.4) is 0 Å². The van der Waals surface area contributed by atoms with Crippen molar-refractivity contribution in [1.82, 2.24) is 20.9 Å². The van der Waals surface area contributed by atoms with E-state index in [1.165, 1.54) is 0 Å². The summed E-state index contributed by atoms with van der Waals surface area (Å²) >= 11 is 0. The van der Waals surface area contributed by atoms with E-state index in [9.17, 15) is 0 Å². The van der Waals surface area contributed by atoms with Gasteiger partial charge in [0.25, 0.3) is 0 Å². The number of pyridine rings is 1. The predicted octanol–water partition coefficient (Wildman–Crippen LogP) is 3.26. The van der Waals surface area contributed by atoms with Crippen LogP contribution in [-0.2, 0) is 0 Å². The number of dihydropyridines is 1. The normalized spacial score (nSPS) is 22.9. The van der Waals surface area contributed by atoms with Crippen molar-refractivity contribution in [2.24, 2.45) is 0 Å². The fourth-order valence-corrected chi connectivity index (χ4v) is 3.03. The second kappa shape index (κ2) is 8.38. The molecule has 0 aliphatic carbocycles. The van der Waals surface area contributed by atoms with Gasteiger partial charge in [0, 0.05) is 24.0 Å². The molecule has 0 saturated heterocycles. The van der Waals surface area contributed by atoms with Crippen molar-refractivity contribution in [3.63, 3.8) is 0 Å². The lowest BCUT2D eigenvalue weighted by Gasteiger charge is -2.30. The zero-order chi connectivity index (χ0) is 17.5. The average molecular weight is 334 g/mol. The molecule has 3 unspecified atom stereocenters. The van der Waals surface area contributed by atoms with Gasteiger partial charge < -0.3 is 16.0 Å². The molecule has 0 fully saturated rings. The van der Waals surface area contributed by atoms with E-state index in [4.69, 9.17) is 0 Å². The van der Waals surface area contributed by atoms with Crippen LogP contribution in [0, 0.1) is 0 Å². The molecule has 3 rings (SSSR count). The molecule has 0 saturated carbocycles. The molecule has 3 N–H and O–H groups in total. The van der Waals surface area contributed by atoms with Crippen LogP contribution >= 0.6 is 0 Å². The highest BCUT2D eigenvalue weighted by atomic mass is 15.0. The molecule has 2 aliphatic heterocycles. The topological polar surface area (TPSA) is 49.0 Å². The Morgan fingerprint density at radius 1 is 1.40 bits per heavy atom. The number of aromatic nitrogens is 1. The highest BCUT2D eigenvalue weighted by Gasteiger charge is 2.21. The smallest absolute Gasteiger partial charge is 0.0858 e. The first-order valence-corrected chi connectivity index (χ1v) is 8.84. The van der Waals surface area contributed by atoms with Crippen molar-refractivity contribution in [1.29, 1.82) is 0 Å². The van der Waals surface area contributed by atoms with Crippen molar-refractivity contribution in [3.05, 3.63) is 85.0 Å². The van der Waals surface area contributed by atoms with Crippen molar-refractivity contribution in [2.75, 3.05) is 0 Å². The number of hydrogen-bond donors (Lipinski definition) is 3. The van der Waals surface area contributed by atoms with Gasteiger partial charge in [-0.15, -0.1) is 0 Å². The number of allylic oxidation sites excluding steroid dienone is 4. The second-order valence-electron chi connectivity index (χ2n) is 6.41. The lowest BCUT2D eigenvalue weighted by molar-refractivity contribution is 0.483. The first kappa shape index (κ1) is 17.1. The van der Waals surface area contributed by atoms with Crippen LogP contribution in [-0.4, -0.2) is 23.1 Å². The van der Waals surface area contributed by atoms with Gasteiger partial charge in [0.15, 0.2) is 0 Å². The molecule has 4 heteroatoms. The molecule has 2 aliphatic rings. The Kier molecular flexibility index (Phi) is 5.73. The van der Waals surface area contributed by atoms with Crippen LogP contribution in [0.15, 0.2) is 79.3 Å². The summed E-state index contributed by atoms with van der Waals surface area (Å²) in [6, 6.07) is 6.99. The monoisotopic (exact) mass is 334 g/mol. The van der Waals surface area contributed by atoms with E-state index < -0.39 is 0 Å². The molecule has 0 spiro atoms. The Morgan fingerprint density at radius 2 is 2.28 bits per heavy atom. The largest absolute Gasteiger partial charge is 0.384 e. The lowest BCUT2D eigenvalue weighted by atomic mass is 9.99. The van der Waals surface area contributed by atoms with Crippen LogP contribution < -0.4 is 16.0 Å². The van der Waals surface area contributed by atoms with Gasteiger partial charge >= 0.3 is 0 Å². The molecule has 25 heavy (non-hydrogen) atoms. The SMILES string of the molecule is C=C/C=C(\NC(C)CCC1C=C(c2ccccn2)N1)C1C=CC=CN1. The molecule has 1 aromatic rings. The zero-order valence-corrected chi connectivity index (χ0v) is 14.7. The van der Waals surface area contributed by atoms with E-state index in [0.29, 0.717) is 12.1 Å². The van der Waals surface area contributed by atoms with Crippen molar-refractivity contribution >= 4 is 5.70 Å².